The quantitative estimate of drug-likeness (QED) is 0.856. The Morgan fingerprint density at radius 1 is 1.12 bits per heavy atom. The molecule has 0 atom stereocenters. The first-order valence-corrected chi connectivity index (χ1v) is 5.65. The summed E-state index contributed by atoms with van der Waals surface area (Å²) < 4.78 is 13.2. The van der Waals surface area contributed by atoms with Crippen molar-refractivity contribution in [2.75, 3.05) is 0 Å². The fraction of sp³-hybridized carbons (Fsp3) is 0.143. The molecule has 0 spiro atoms. The van der Waals surface area contributed by atoms with Crippen LogP contribution in [0.1, 0.15) is 11.1 Å². The van der Waals surface area contributed by atoms with Crippen molar-refractivity contribution in [1.82, 2.24) is 0 Å². The molecular formula is C14H12ClFO. The SMILES string of the molecule is Cc1ccc(CO)cc1-c1cc(F)ccc1Cl. The Labute approximate surface area is 104 Å². The zero-order valence-electron chi connectivity index (χ0n) is 9.37. The maximum Gasteiger partial charge on any atom is 0.123 e. The molecule has 2 aromatic carbocycles. The van der Waals surface area contributed by atoms with Crippen LogP contribution in [0.4, 0.5) is 4.39 Å². The zero-order chi connectivity index (χ0) is 12.4. The summed E-state index contributed by atoms with van der Waals surface area (Å²) in [5.74, 6) is -0.321. The lowest BCUT2D eigenvalue weighted by Crippen LogP contribution is -1.90. The number of aliphatic hydroxyl groups is 1. The van der Waals surface area contributed by atoms with Gasteiger partial charge in [-0.1, -0.05) is 23.7 Å². The van der Waals surface area contributed by atoms with Gasteiger partial charge in [0, 0.05) is 10.6 Å². The van der Waals surface area contributed by atoms with Crippen molar-refractivity contribution in [2.24, 2.45) is 0 Å². The van der Waals surface area contributed by atoms with Gasteiger partial charge in [0.1, 0.15) is 5.82 Å². The lowest BCUT2D eigenvalue weighted by atomic mass is 9.98. The van der Waals surface area contributed by atoms with Gasteiger partial charge >= 0.3 is 0 Å². The van der Waals surface area contributed by atoms with E-state index in [0.717, 1.165) is 16.7 Å². The number of rotatable bonds is 2. The van der Waals surface area contributed by atoms with Crippen molar-refractivity contribution in [3.05, 3.63) is 58.4 Å². The molecule has 1 nitrogen and oxygen atoms in total. The van der Waals surface area contributed by atoms with Gasteiger partial charge in [0.25, 0.3) is 0 Å². The van der Waals surface area contributed by atoms with E-state index in [1.807, 2.05) is 25.1 Å². The van der Waals surface area contributed by atoms with E-state index in [4.69, 9.17) is 16.7 Å². The average Bonchev–Trinajstić information content (AvgIpc) is 2.33. The maximum atomic E-state index is 13.2. The van der Waals surface area contributed by atoms with Crippen LogP contribution < -0.4 is 0 Å². The predicted molar refractivity (Wildman–Crippen MR) is 67.5 cm³/mol. The Morgan fingerprint density at radius 2 is 1.88 bits per heavy atom. The van der Waals surface area contributed by atoms with Crippen LogP contribution in [-0.4, -0.2) is 5.11 Å². The molecule has 0 fully saturated rings. The summed E-state index contributed by atoms with van der Waals surface area (Å²) in [6.45, 7) is 1.89. The van der Waals surface area contributed by atoms with Crippen molar-refractivity contribution in [1.29, 1.82) is 0 Å². The molecule has 0 bridgehead atoms. The van der Waals surface area contributed by atoms with Gasteiger partial charge < -0.3 is 5.11 Å². The monoisotopic (exact) mass is 250 g/mol. The Hall–Kier alpha value is -1.38. The van der Waals surface area contributed by atoms with Crippen molar-refractivity contribution in [2.45, 2.75) is 13.5 Å². The highest BCUT2D eigenvalue weighted by Gasteiger charge is 2.08. The Balaban J connectivity index is 2.62. The van der Waals surface area contributed by atoms with E-state index < -0.39 is 0 Å². The van der Waals surface area contributed by atoms with Crippen molar-refractivity contribution < 1.29 is 9.50 Å². The van der Waals surface area contributed by atoms with Gasteiger partial charge in [-0.2, -0.15) is 0 Å². The van der Waals surface area contributed by atoms with Crippen LogP contribution in [0.2, 0.25) is 5.02 Å². The second kappa shape index (κ2) is 4.86. The Kier molecular flexibility index (Phi) is 3.46. The minimum atomic E-state index is -0.321. The fourth-order valence-corrected chi connectivity index (χ4v) is 1.98. The number of aliphatic hydroxyl groups excluding tert-OH is 1. The molecular weight excluding hydrogens is 239 g/mol. The number of halogens is 2. The number of hydrogen-bond acceptors (Lipinski definition) is 1. The second-order valence-electron chi connectivity index (χ2n) is 3.93. The van der Waals surface area contributed by atoms with Gasteiger partial charge in [-0.05, 0) is 47.9 Å². The largest absolute Gasteiger partial charge is 0.392 e. The van der Waals surface area contributed by atoms with E-state index in [1.54, 1.807) is 0 Å². The lowest BCUT2D eigenvalue weighted by molar-refractivity contribution is 0.282. The summed E-state index contributed by atoms with van der Waals surface area (Å²) in [5, 5.41) is 9.62. The first-order chi connectivity index (χ1) is 8.11. The molecule has 17 heavy (non-hydrogen) atoms. The highest BCUT2D eigenvalue weighted by Crippen LogP contribution is 2.31. The van der Waals surface area contributed by atoms with Gasteiger partial charge in [0.2, 0.25) is 0 Å². The second-order valence-corrected chi connectivity index (χ2v) is 4.34. The van der Waals surface area contributed by atoms with E-state index in [-0.39, 0.29) is 12.4 Å². The van der Waals surface area contributed by atoms with E-state index in [1.165, 1.54) is 18.2 Å². The van der Waals surface area contributed by atoms with Gasteiger partial charge in [-0.15, -0.1) is 0 Å². The van der Waals surface area contributed by atoms with Crippen LogP contribution in [0, 0.1) is 12.7 Å². The minimum absolute atomic E-state index is 0.0415. The van der Waals surface area contributed by atoms with Gasteiger partial charge in [-0.25, -0.2) is 4.39 Å². The van der Waals surface area contributed by atoms with Crippen molar-refractivity contribution in [3.8, 4) is 11.1 Å². The normalized spacial score (nSPS) is 10.6. The lowest BCUT2D eigenvalue weighted by Gasteiger charge is -2.10. The van der Waals surface area contributed by atoms with Gasteiger partial charge in [0.05, 0.1) is 6.61 Å². The van der Waals surface area contributed by atoms with Gasteiger partial charge in [0.15, 0.2) is 0 Å². The molecule has 0 saturated heterocycles. The zero-order valence-corrected chi connectivity index (χ0v) is 10.1. The highest BCUT2D eigenvalue weighted by atomic mass is 35.5. The van der Waals surface area contributed by atoms with E-state index in [2.05, 4.69) is 0 Å². The summed E-state index contributed by atoms with van der Waals surface area (Å²) >= 11 is 6.07. The third kappa shape index (κ3) is 2.48. The first kappa shape index (κ1) is 12.1. The van der Waals surface area contributed by atoms with E-state index in [0.29, 0.717) is 10.6 Å². The molecule has 0 aliphatic carbocycles. The molecule has 0 heterocycles. The third-order valence-corrected chi connectivity index (χ3v) is 3.03. The molecule has 0 aliphatic rings. The molecule has 0 amide bonds. The Bertz CT molecular complexity index is 552. The molecule has 0 saturated carbocycles. The molecule has 2 aromatic rings. The van der Waals surface area contributed by atoms with E-state index in [9.17, 15) is 4.39 Å². The average molecular weight is 251 g/mol. The smallest absolute Gasteiger partial charge is 0.123 e. The van der Waals surface area contributed by atoms with Crippen LogP contribution in [0.15, 0.2) is 36.4 Å². The topological polar surface area (TPSA) is 20.2 Å². The number of benzene rings is 2. The van der Waals surface area contributed by atoms with Crippen LogP contribution in [0.25, 0.3) is 11.1 Å². The first-order valence-electron chi connectivity index (χ1n) is 5.27. The van der Waals surface area contributed by atoms with Crippen molar-refractivity contribution in [3.63, 3.8) is 0 Å². The standard InChI is InChI=1S/C14H12ClFO/c1-9-2-3-10(8-17)6-12(9)13-7-11(16)4-5-14(13)15/h2-7,17H,8H2,1H3. The molecule has 88 valence electrons. The Morgan fingerprint density at radius 3 is 2.59 bits per heavy atom. The summed E-state index contributed by atoms with van der Waals surface area (Å²) in [5.41, 5.74) is 3.28. The number of hydrogen-bond donors (Lipinski definition) is 1. The molecule has 0 radical (unpaired) electrons. The van der Waals surface area contributed by atoms with Gasteiger partial charge in [-0.3, -0.25) is 0 Å². The summed E-state index contributed by atoms with van der Waals surface area (Å²) in [4.78, 5) is 0. The molecule has 2 rings (SSSR count). The predicted octanol–water partition coefficient (Wildman–Crippen LogP) is 3.95. The van der Waals surface area contributed by atoms with Crippen LogP contribution in [-0.2, 0) is 6.61 Å². The fourth-order valence-electron chi connectivity index (χ4n) is 1.76. The third-order valence-electron chi connectivity index (χ3n) is 2.70. The summed E-state index contributed by atoms with van der Waals surface area (Å²) in [6.07, 6.45) is 0. The highest BCUT2D eigenvalue weighted by molar-refractivity contribution is 6.33. The van der Waals surface area contributed by atoms with Crippen molar-refractivity contribution >= 4 is 11.6 Å². The van der Waals surface area contributed by atoms with Crippen LogP contribution >= 0.6 is 11.6 Å². The van der Waals surface area contributed by atoms with Crippen LogP contribution in [0.5, 0.6) is 0 Å². The molecule has 0 aliphatic heterocycles. The summed E-state index contributed by atoms with van der Waals surface area (Å²) in [7, 11) is 0. The van der Waals surface area contributed by atoms with Crippen LogP contribution in [0.3, 0.4) is 0 Å². The van der Waals surface area contributed by atoms with E-state index >= 15 is 0 Å². The molecule has 0 unspecified atom stereocenters. The maximum absolute atomic E-state index is 13.2. The summed E-state index contributed by atoms with van der Waals surface area (Å²) in [6, 6.07) is 9.84. The number of aryl methyl sites for hydroxylation is 1. The minimum Gasteiger partial charge on any atom is -0.392 e. The molecule has 1 N–H and O–H groups in total. The molecule has 3 heteroatoms. The molecule has 0 aromatic heterocycles.